The summed E-state index contributed by atoms with van der Waals surface area (Å²) in [5.74, 6) is -1.04. The van der Waals surface area contributed by atoms with Gasteiger partial charge in [0.1, 0.15) is 0 Å². The molecule has 4 nitrogen and oxygen atoms in total. The van der Waals surface area contributed by atoms with E-state index >= 15 is 0 Å². The molecular formula is C20H25F2N3O. The van der Waals surface area contributed by atoms with Gasteiger partial charge in [0.2, 0.25) is 0 Å². The van der Waals surface area contributed by atoms with Crippen LogP contribution < -0.4 is 0 Å². The van der Waals surface area contributed by atoms with E-state index in [-0.39, 0.29) is 5.60 Å². The molecule has 1 aromatic carbocycles. The number of aromatic nitrogens is 2. The highest BCUT2D eigenvalue weighted by molar-refractivity contribution is 5.64. The molecule has 1 unspecified atom stereocenters. The van der Waals surface area contributed by atoms with Gasteiger partial charge in [-0.05, 0) is 50.8 Å². The molecule has 2 aliphatic heterocycles. The number of nitrogens with one attached hydrogen (secondary N) is 1. The summed E-state index contributed by atoms with van der Waals surface area (Å²) < 4.78 is 32.7. The fraction of sp³-hybridized carbons (Fsp3) is 0.550. The zero-order valence-electron chi connectivity index (χ0n) is 15.3. The van der Waals surface area contributed by atoms with Crippen molar-refractivity contribution in [2.45, 2.75) is 45.3 Å². The van der Waals surface area contributed by atoms with Crippen molar-refractivity contribution in [3.8, 4) is 11.3 Å². The van der Waals surface area contributed by atoms with Crippen LogP contribution in [-0.4, -0.2) is 40.4 Å². The van der Waals surface area contributed by atoms with Crippen molar-refractivity contribution in [1.82, 2.24) is 15.1 Å². The van der Waals surface area contributed by atoms with E-state index in [4.69, 9.17) is 4.74 Å². The Balaban J connectivity index is 1.51. The number of nitrogens with zero attached hydrogens (tertiary/aromatic N) is 2. The second-order valence-corrected chi connectivity index (χ2v) is 8.11. The number of aromatic amines is 1. The highest BCUT2D eigenvalue weighted by Gasteiger charge is 2.31. The Morgan fingerprint density at radius 2 is 2.15 bits per heavy atom. The molecule has 0 saturated carbocycles. The molecule has 1 fully saturated rings. The molecule has 1 aromatic heterocycles. The summed E-state index contributed by atoms with van der Waals surface area (Å²) in [5, 5.41) is 7.47. The van der Waals surface area contributed by atoms with Gasteiger partial charge in [0.15, 0.2) is 11.6 Å². The van der Waals surface area contributed by atoms with Gasteiger partial charge >= 0.3 is 0 Å². The Labute approximate surface area is 152 Å². The average molecular weight is 361 g/mol. The molecule has 1 N–H and O–H groups in total. The first-order chi connectivity index (χ1) is 12.4. The number of fused-ring (bicyclic) bond motifs is 1. The van der Waals surface area contributed by atoms with Crippen molar-refractivity contribution in [3.63, 3.8) is 0 Å². The Bertz CT molecular complexity index is 802. The van der Waals surface area contributed by atoms with Gasteiger partial charge in [0.25, 0.3) is 0 Å². The van der Waals surface area contributed by atoms with Crippen LogP contribution in [0, 0.1) is 17.6 Å². The number of hydrogen-bond donors (Lipinski definition) is 1. The van der Waals surface area contributed by atoms with Crippen molar-refractivity contribution >= 4 is 0 Å². The minimum absolute atomic E-state index is 0.0453. The summed E-state index contributed by atoms with van der Waals surface area (Å²) in [6, 6.07) is 3.98. The largest absolute Gasteiger partial charge is 0.376 e. The summed E-state index contributed by atoms with van der Waals surface area (Å²) in [5.41, 5.74) is 3.52. The first-order valence-corrected chi connectivity index (χ1v) is 9.29. The lowest BCUT2D eigenvalue weighted by Gasteiger charge is -2.38. The van der Waals surface area contributed by atoms with Crippen LogP contribution in [0.4, 0.5) is 8.78 Å². The minimum Gasteiger partial charge on any atom is -0.376 e. The third kappa shape index (κ3) is 3.53. The van der Waals surface area contributed by atoms with Crippen molar-refractivity contribution in [3.05, 3.63) is 41.1 Å². The maximum absolute atomic E-state index is 13.6. The lowest BCUT2D eigenvalue weighted by atomic mass is 9.87. The van der Waals surface area contributed by atoms with E-state index in [1.54, 1.807) is 6.07 Å². The van der Waals surface area contributed by atoms with Gasteiger partial charge in [-0.2, -0.15) is 5.10 Å². The zero-order chi connectivity index (χ0) is 18.3. The fourth-order valence-electron chi connectivity index (χ4n) is 4.27. The molecule has 3 heterocycles. The molecule has 6 heteroatoms. The minimum atomic E-state index is -0.837. The molecule has 0 amide bonds. The van der Waals surface area contributed by atoms with E-state index in [1.165, 1.54) is 6.07 Å². The SMILES string of the molecule is CC1(C)CC(CN2CCc3[nH]nc(-c4ccc(F)c(F)c4)c3C2)CCO1. The van der Waals surface area contributed by atoms with E-state index in [0.29, 0.717) is 11.5 Å². The molecule has 0 bridgehead atoms. The highest BCUT2D eigenvalue weighted by Crippen LogP contribution is 2.32. The van der Waals surface area contributed by atoms with Crippen LogP contribution in [0.25, 0.3) is 11.3 Å². The van der Waals surface area contributed by atoms with Crippen molar-refractivity contribution in [2.24, 2.45) is 5.92 Å². The second kappa shape index (κ2) is 6.74. The summed E-state index contributed by atoms with van der Waals surface area (Å²) >= 11 is 0. The van der Waals surface area contributed by atoms with Crippen molar-refractivity contribution < 1.29 is 13.5 Å². The zero-order valence-corrected chi connectivity index (χ0v) is 15.3. The lowest BCUT2D eigenvalue weighted by molar-refractivity contribution is -0.0773. The molecule has 0 radical (unpaired) electrons. The van der Waals surface area contributed by atoms with Crippen LogP contribution in [0.5, 0.6) is 0 Å². The number of hydrogen-bond acceptors (Lipinski definition) is 3. The predicted molar refractivity (Wildman–Crippen MR) is 95.7 cm³/mol. The topological polar surface area (TPSA) is 41.2 Å². The number of H-pyrrole nitrogens is 1. The van der Waals surface area contributed by atoms with Gasteiger partial charge in [-0.15, -0.1) is 0 Å². The number of benzene rings is 1. The molecule has 0 aliphatic carbocycles. The first-order valence-electron chi connectivity index (χ1n) is 9.29. The second-order valence-electron chi connectivity index (χ2n) is 8.11. The Morgan fingerprint density at radius 3 is 2.92 bits per heavy atom. The third-order valence-corrected chi connectivity index (χ3v) is 5.52. The number of rotatable bonds is 3. The Kier molecular flexibility index (Phi) is 4.57. The molecule has 0 spiro atoms. The quantitative estimate of drug-likeness (QED) is 0.901. The molecular weight excluding hydrogens is 336 g/mol. The van der Waals surface area contributed by atoms with E-state index in [1.807, 2.05) is 0 Å². The van der Waals surface area contributed by atoms with Gasteiger partial charge in [0, 0.05) is 49.5 Å². The van der Waals surface area contributed by atoms with Gasteiger partial charge < -0.3 is 4.74 Å². The van der Waals surface area contributed by atoms with Gasteiger partial charge in [-0.1, -0.05) is 0 Å². The fourth-order valence-corrected chi connectivity index (χ4v) is 4.27. The van der Waals surface area contributed by atoms with Crippen LogP contribution in [0.1, 0.15) is 37.9 Å². The standard InChI is InChI=1S/C20H25F2N3O/c1-20(2)10-13(6-8-26-20)11-25-7-5-18-15(12-25)19(24-23-18)14-3-4-16(21)17(22)9-14/h3-4,9,13H,5-8,10-12H2,1-2H3,(H,23,24). The maximum atomic E-state index is 13.6. The van der Waals surface area contributed by atoms with Crippen molar-refractivity contribution in [1.29, 1.82) is 0 Å². The molecule has 2 aliphatic rings. The van der Waals surface area contributed by atoms with E-state index in [2.05, 4.69) is 28.9 Å². The molecule has 1 atom stereocenters. The maximum Gasteiger partial charge on any atom is 0.159 e. The summed E-state index contributed by atoms with van der Waals surface area (Å²) in [6.45, 7) is 7.95. The van der Waals surface area contributed by atoms with Gasteiger partial charge in [0.05, 0.1) is 11.3 Å². The van der Waals surface area contributed by atoms with Crippen LogP contribution in [0.3, 0.4) is 0 Å². The lowest BCUT2D eigenvalue weighted by Crippen LogP contribution is -2.41. The van der Waals surface area contributed by atoms with Crippen molar-refractivity contribution in [2.75, 3.05) is 19.7 Å². The molecule has 26 heavy (non-hydrogen) atoms. The molecule has 140 valence electrons. The smallest absolute Gasteiger partial charge is 0.159 e. The van der Waals surface area contributed by atoms with Gasteiger partial charge in [-0.3, -0.25) is 10.00 Å². The Hall–Kier alpha value is -1.79. The van der Waals surface area contributed by atoms with Crippen LogP contribution in [0.15, 0.2) is 18.2 Å². The Morgan fingerprint density at radius 1 is 1.31 bits per heavy atom. The number of ether oxygens (including phenoxy) is 1. The monoisotopic (exact) mass is 361 g/mol. The highest BCUT2D eigenvalue weighted by atomic mass is 19.2. The summed E-state index contributed by atoms with van der Waals surface area (Å²) in [6.07, 6.45) is 3.06. The molecule has 2 aromatic rings. The molecule has 4 rings (SSSR count). The average Bonchev–Trinajstić information content (AvgIpc) is 3.00. The third-order valence-electron chi connectivity index (χ3n) is 5.52. The number of halogens is 2. The normalized spacial score (nSPS) is 23.0. The summed E-state index contributed by atoms with van der Waals surface area (Å²) in [7, 11) is 0. The first kappa shape index (κ1) is 17.6. The summed E-state index contributed by atoms with van der Waals surface area (Å²) in [4.78, 5) is 2.45. The van der Waals surface area contributed by atoms with E-state index in [0.717, 1.165) is 68.5 Å². The van der Waals surface area contributed by atoms with Crippen LogP contribution >= 0.6 is 0 Å². The van der Waals surface area contributed by atoms with E-state index in [9.17, 15) is 8.78 Å². The molecule has 1 saturated heterocycles. The van der Waals surface area contributed by atoms with E-state index < -0.39 is 11.6 Å². The van der Waals surface area contributed by atoms with Crippen LogP contribution in [-0.2, 0) is 17.7 Å². The van der Waals surface area contributed by atoms with Gasteiger partial charge in [-0.25, -0.2) is 8.78 Å². The van der Waals surface area contributed by atoms with Crippen LogP contribution in [0.2, 0.25) is 0 Å². The predicted octanol–water partition coefficient (Wildman–Crippen LogP) is 3.92.